The molecule has 0 heterocycles. The molecule has 0 bridgehead atoms. The van der Waals surface area contributed by atoms with Crippen molar-refractivity contribution in [2.75, 3.05) is 0 Å². The van der Waals surface area contributed by atoms with Crippen molar-refractivity contribution in [2.24, 2.45) is 23.2 Å². The van der Waals surface area contributed by atoms with Gasteiger partial charge in [0.2, 0.25) is 0 Å². The van der Waals surface area contributed by atoms with E-state index in [-0.39, 0.29) is 5.04 Å². The van der Waals surface area contributed by atoms with Crippen LogP contribution in [-0.4, -0.2) is 14.4 Å². The van der Waals surface area contributed by atoms with E-state index in [2.05, 4.69) is 79.8 Å². The van der Waals surface area contributed by atoms with Crippen LogP contribution in [0.1, 0.15) is 99.8 Å². The molecular formula is C29H50OSi. The van der Waals surface area contributed by atoms with Crippen LogP contribution in [0.2, 0.25) is 18.1 Å². The van der Waals surface area contributed by atoms with Gasteiger partial charge in [0, 0.05) is 6.10 Å². The van der Waals surface area contributed by atoms with Crippen molar-refractivity contribution < 1.29 is 4.43 Å². The third-order valence-corrected chi connectivity index (χ3v) is 14.3. The summed E-state index contributed by atoms with van der Waals surface area (Å²) in [7, 11) is -1.71. The number of hydrogen-bond donors (Lipinski definition) is 0. The van der Waals surface area contributed by atoms with Crippen molar-refractivity contribution in [1.82, 2.24) is 0 Å². The highest BCUT2D eigenvalue weighted by molar-refractivity contribution is 6.74. The van der Waals surface area contributed by atoms with Crippen LogP contribution in [0.4, 0.5) is 0 Å². The molecule has 0 unspecified atom stereocenters. The minimum Gasteiger partial charge on any atom is -0.414 e. The van der Waals surface area contributed by atoms with Crippen molar-refractivity contribution in [3.63, 3.8) is 0 Å². The van der Waals surface area contributed by atoms with Gasteiger partial charge in [-0.15, -0.1) is 0 Å². The molecule has 0 radical (unpaired) electrons. The van der Waals surface area contributed by atoms with Gasteiger partial charge in [-0.2, -0.15) is 0 Å². The smallest absolute Gasteiger partial charge is 0.192 e. The number of fused-ring (bicyclic) bond motifs is 1. The summed E-state index contributed by atoms with van der Waals surface area (Å²) in [6, 6.07) is 0. The lowest BCUT2D eigenvalue weighted by molar-refractivity contribution is 0.111. The second-order valence-electron chi connectivity index (χ2n) is 12.8. The Labute approximate surface area is 194 Å². The van der Waals surface area contributed by atoms with Crippen molar-refractivity contribution in [3.05, 3.63) is 34.9 Å². The second kappa shape index (κ2) is 9.33. The van der Waals surface area contributed by atoms with Gasteiger partial charge in [0.15, 0.2) is 8.32 Å². The highest BCUT2D eigenvalue weighted by atomic mass is 28.4. The second-order valence-corrected chi connectivity index (χ2v) is 17.5. The summed E-state index contributed by atoms with van der Waals surface area (Å²) < 4.78 is 6.81. The normalized spacial score (nSPS) is 33.6. The van der Waals surface area contributed by atoms with Gasteiger partial charge in [-0.3, -0.25) is 0 Å². The van der Waals surface area contributed by atoms with Gasteiger partial charge in [-0.1, -0.05) is 71.8 Å². The summed E-state index contributed by atoms with van der Waals surface area (Å²) >= 11 is 0. The lowest BCUT2D eigenvalue weighted by Crippen LogP contribution is -2.44. The van der Waals surface area contributed by atoms with Crippen molar-refractivity contribution >= 4 is 8.32 Å². The van der Waals surface area contributed by atoms with Gasteiger partial charge in [0.05, 0.1) is 0 Å². The van der Waals surface area contributed by atoms with E-state index < -0.39 is 8.32 Å². The highest BCUT2D eigenvalue weighted by Gasteiger charge is 2.49. The van der Waals surface area contributed by atoms with Gasteiger partial charge in [-0.25, -0.2) is 0 Å². The molecule has 1 nitrogen and oxygen atoms in total. The van der Waals surface area contributed by atoms with Crippen LogP contribution in [0.15, 0.2) is 34.9 Å². The van der Waals surface area contributed by atoms with Crippen molar-refractivity contribution in [3.8, 4) is 0 Å². The molecule has 3 rings (SSSR count). The molecule has 0 saturated heterocycles. The molecule has 1 saturated carbocycles. The first-order valence-corrected chi connectivity index (χ1v) is 16.0. The van der Waals surface area contributed by atoms with Gasteiger partial charge in [0.1, 0.15) is 0 Å². The minimum atomic E-state index is -1.71. The van der Waals surface area contributed by atoms with E-state index in [1.165, 1.54) is 44.9 Å². The largest absolute Gasteiger partial charge is 0.414 e. The highest BCUT2D eigenvalue weighted by Crippen LogP contribution is 2.58. The van der Waals surface area contributed by atoms with E-state index in [4.69, 9.17) is 4.43 Å². The Morgan fingerprint density at radius 2 is 1.90 bits per heavy atom. The first kappa shape index (κ1) is 25.0. The lowest BCUT2D eigenvalue weighted by atomic mass is 9.62. The van der Waals surface area contributed by atoms with Crippen LogP contribution in [0.25, 0.3) is 0 Å². The summed E-state index contributed by atoms with van der Waals surface area (Å²) in [5.41, 5.74) is 5.26. The van der Waals surface area contributed by atoms with Crippen molar-refractivity contribution in [1.29, 1.82) is 0 Å². The van der Waals surface area contributed by atoms with E-state index in [9.17, 15) is 0 Å². The molecule has 0 aromatic rings. The molecule has 0 aliphatic heterocycles. The Morgan fingerprint density at radius 1 is 1.19 bits per heavy atom. The number of rotatable bonds is 6. The van der Waals surface area contributed by atoms with E-state index in [0.29, 0.717) is 11.5 Å². The predicted molar refractivity (Wildman–Crippen MR) is 139 cm³/mol. The van der Waals surface area contributed by atoms with Crippen molar-refractivity contribution in [2.45, 2.75) is 124 Å². The first-order valence-electron chi connectivity index (χ1n) is 13.1. The maximum Gasteiger partial charge on any atom is 0.192 e. The Hall–Kier alpha value is -0.603. The average molecular weight is 443 g/mol. The average Bonchev–Trinajstić information content (AvgIpc) is 3.04. The predicted octanol–water partition coefficient (Wildman–Crippen LogP) is 9.23. The summed E-state index contributed by atoms with van der Waals surface area (Å²) in [5, 5.41) is 0.283. The van der Waals surface area contributed by atoms with E-state index in [0.717, 1.165) is 24.2 Å². The zero-order chi connectivity index (χ0) is 23.0. The fourth-order valence-corrected chi connectivity index (χ4v) is 7.82. The molecule has 31 heavy (non-hydrogen) atoms. The van der Waals surface area contributed by atoms with E-state index in [1.54, 1.807) is 16.7 Å². The molecule has 1 fully saturated rings. The number of allylic oxidation sites excluding steroid dienone is 5. The molecular weight excluding hydrogens is 392 g/mol. The monoisotopic (exact) mass is 442 g/mol. The van der Waals surface area contributed by atoms with E-state index >= 15 is 0 Å². The molecule has 0 aromatic carbocycles. The molecule has 0 aromatic heterocycles. The molecule has 0 spiro atoms. The third kappa shape index (κ3) is 5.16. The van der Waals surface area contributed by atoms with Crippen LogP contribution in [0.5, 0.6) is 0 Å². The molecule has 3 aliphatic carbocycles. The standard InChI is InChI=1S/C29H50OSi/c1-10-21(2)26-17-18-27-23(12-11-19-29(26,27)7)14-15-24-20-25(16-13-22(24)3)30-31(8,9)28(4,5)6/h12,14-15,21,25-27H,10-11,13,16-20H2,1-9H3/b15-14+/t21-,25-,26+,27-,29+/m0/s1. The Morgan fingerprint density at radius 3 is 2.55 bits per heavy atom. The maximum atomic E-state index is 6.81. The summed E-state index contributed by atoms with van der Waals surface area (Å²) in [4.78, 5) is 0. The van der Waals surface area contributed by atoms with Crippen LogP contribution in [-0.2, 0) is 4.43 Å². The summed E-state index contributed by atoms with van der Waals surface area (Å²) in [6.45, 7) is 21.7. The van der Waals surface area contributed by atoms with Crippen LogP contribution < -0.4 is 0 Å². The summed E-state index contributed by atoms with van der Waals surface area (Å²) in [6.07, 6.45) is 18.2. The van der Waals surface area contributed by atoms with Crippen LogP contribution in [0.3, 0.4) is 0 Å². The first-order chi connectivity index (χ1) is 14.4. The van der Waals surface area contributed by atoms with Gasteiger partial charge in [0.25, 0.3) is 0 Å². The third-order valence-electron chi connectivity index (χ3n) is 9.79. The topological polar surface area (TPSA) is 9.23 Å². The minimum absolute atomic E-state index is 0.283. The fourth-order valence-electron chi connectivity index (χ4n) is 6.43. The summed E-state index contributed by atoms with van der Waals surface area (Å²) in [5.74, 6) is 2.52. The van der Waals surface area contributed by atoms with Gasteiger partial charge < -0.3 is 4.43 Å². The fraction of sp³-hybridized carbons (Fsp3) is 0.793. The lowest BCUT2D eigenvalue weighted by Gasteiger charge is -2.43. The number of hydrogen-bond acceptors (Lipinski definition) is 1. The Bertz CT molecular complexity index is 734. The molecule has 0 amide bonds. The van der Waals surface area contributed by atoms with Gasteiger partial charge >= 0.3 is 0 Å². The van der Waals surface area contributed by atoms with Crippen LogP contribution >= 0.6 is 0 Å². The molecule has 3 aliphatic rings. The Balaban J connectivity index is 1.72. The molecule has 0 N–H and O–H groups in total. The Kier molecular flexibility index (Phi) is 7.54. The molecule has 5 atom stereocenters. The van der Waals surface area contributed by atoms with Gasteiger partial charge in [-0.05, 0) is 104 Å². The van der Waals surface area contributed by atoms with Crippen LogP contribution in [0, 0.1) is 23.2 Å². The quantitative estimate of drug-likeness (QED) is 0.372. The SMILES string of the molecule is CC[C@H](C)[C@H]1CC[C@H]2C(/C=C/C3=C(C)CC[C@H](O[Si](C)(C)C(C)(C)C)C3)=CCC[C@]12C. The molecule has 176 valence electrons. The zero-order valence-corrected chi connectivity index (χ0v) is 23.1. The maximum absolute atomic E-state index is 6.81. The molecule has 2 heteroatoms. The van der Waals surface area contributed by atoms with E-state index in [1.807, 2.05) is 0 Å². The zero-order valence-electron chi connectivity index (χ0n) is 22.1.